The molecule has 0 aromatic carbocycles. The Balaban J connectivity index is 1.48. The van der Waals surface area contributed by atoms with Gasteiger partial charge in [0.1, 0.15) is 5.69 Å². The minimum atomic E-state index is -0.472. The molecule has 7 heteroatoms. The maximum atomic E-state index is 12.7. The van der Waals surface area contributed by atoms with E-state index in [0.717, 1.165) is 5.69 Å². The predicted molar refractivity (Wildman–Crippen MR) is 80.7 cm³/mol. The normalized spacial score (nSPS) is 20.3. The van der Waals surface area contributed by atoms with Gasteiger partial charge in [-0.25, -0.2) is 0 Å². The molecule has 0 atom stereocenters. The van der Waals surface area contributed by atoms with Crippen LogP contribution in [0.25, 0.3) is 11.5 Å². The molecule has 2 aromatic rings. The van der Waals surface area contributed by atoms with Crippen molar-refractivity contribution in [2.75, 3.05) is 26.3 Å². The van der Waals surface area contributed by atoms with E-state index in [1.54, 1.807) is 24.1 Å². The Bertz CT molecular complexity index is 691. The second-order valence-corrected chi connectivity index (χ2v) is 5.92. The average molecular weight is 317 g/mol. The van der Waals surface area contributed by atoms with Crippen LogP contribution >= 0.6 is 0 Å². The Kier molecular flexibility index (Phi) is 3.46. The zero-order valence-electron chi connectivity index (χ0n) is 13.0. The highest BCUT2D eigenvalue weighted by molar-refractivity contribution is 5.93. The molecule has 23 heavy (non-hydrogen) atoms. The van der Waals surface area contributed by atoms with Crippen LogP contribution in [0.4, 0.5) is 0 Å². The van der Waals surface area contributed by atoms with Crippen LogP contribution in [0, 0.1) is 0 Å². The summed E-state index contributed by atoms with van der Waals surface area (Å²) in [6, 6.07) is 5.44. The lowest BCUT2D eigenvalue weighted by atomic mass is 10.0. The molecule has 0 bridgehead atoms. The first-order valence-corrected chi connectivity index (χ1v) is 7.82. The molecule has 2 fully saturated rings. The van der Waals surface area contributed by atoms with Crippen LogP contribution in [0.15, 0.2) is 28.9 Å². The van der Waals surface area contributed by atoms with Gasteiger partial charge in [0.05, 0.1) is 19.5 Å². The summed E-state index contributed by atoms with van der Waals surface area (Å²) in [4.78, 5) is 14.5. The van der Waals surface area contributed by atoms with Crippen LogP contribution in [-0.4, -0.2) is 52.7 Å². The number of carbonyl (C=O) groups is 1. The van der Waals surface area contributed by atoms with Crippen molar-refractivity contribution in [3.8, 4) is 11.5 Å². The Morgan fingerprint density at radius 1 is 1.26 bits per heavy atom. The lowest BCUT2D eigenvalue weighted by Gasteiger charge is -2.37. The second kappa shape index (κ2) is 5.50. The molecule has 2 aliphatic rings. The molecule has 2 aromatic heterocycles. The largest absolute Gasteiger partial charge is 0.463 e. The fourth-order valence-electron chi connectivity index (χ4n) is 3.22. The topological polar surface area (TPSA) is 69.7 Å². The molecular formula is C16H19N3O4. The summed E-state index contributed by atoms with van der Waals surface area (Å²) in [6.07, 6.45) is 3.02. The Morgan fingerprint density at radius 3 is 2.65 bits per heavy atom. The zero-order chi connectivity index (χ0) is 15.9. The molecule has 0 unspecified atom stereocenters. The Morgan fingerprint density at radius 2 is 2.00 bits per heavy atom. The SMILES string of the molecule is Cn1nc(C(=O)N2CCC3(CC2)OCCO3)cc1-c1ccco1. The van der Waals surface area contributed by atoms with Crippen molar-refractivity contribution in [1.82, 2.24) is 14.7 Å². The molecule has 122 valence electrons. The number of hydrogen-bond donors (Lipinski definition) is 0. The van der Waals surface area contributed by atoms with Crippen LogP contribution in [0.1, 0.15) is 23.3 Å². The fraction of sp³-hybridized carbons (Fsp3) is 0.500. The van der Waals surface area contributed by atoms with E-state index in [-0.39, 0.29) is 5.91 Å². The van der Waals surface area contributed by atoms with Crippen molar-refractivity contribution in [1.29, 1.82) is 0 Å². The molecular weight excluding hydrogens is 298 g/mol. The fourth-order valence-corrected chi connectivity index (χ4v) is 3.22. The van der Waals surface area contributed by atoms with Gasteiger partial charge in [0.2, 0.25) is 0 Å². The summed E-state index contributed by atoms with van der Waals surface area (Å²) in [5, 5.41) is 4.33. The summed E-state index contributed by atoms with van der Waals surface area (Å²) in [5.41, 5.74) is 1.22. The molecule has 4 rings (SSSR count). The van der Waals surface area contributed by atoms with E-state index < -0.39 is 5.79 Å². The van der Waals surface area contributed by atoms with E-state index in [4.69, 9.17) is 13.9 Å². The molecule has 7 nitrogen and oxygen atoms in total. The number of furan rings is 1. The number of ether oxygens (including phenoxy) is 2. The van der Waals surface area contributed by atoms with Crippen molar-refractivity contribution in [3.05, 3.63) is 30.2 Å². The quantitative estimate of drug-likeness (QED) is 0.842. The third-order valence-electron chi connectivity index (χ3n) is 4.50. The molecule has 2 saturated heterocycles. The minimum absolute atomic E-state index is 0.0637. The van der Waals surface area contributed by atoms with Gasteiger partial charge in [-0.05, 0) is 12.1 Å². The van der Waals surface area contributed by atoms with Crippen molar-refractivity contribution in [2.24, 2.45) is 7.05 Å². The number of aryl methyl sites for hydroxylation is 1. The summed E-state index contributed by atoms with van der Waals surface area (Å²) in [6.45, 7) is 2.51. The van der Waals surface area contributed by atoms with Crippen molar-refractivity contribution >= 4 is 5.91 Å². The summed E-state index contributed by atoms with van der Waals surface area (Å²) in [7, 11) is 1.81. The summed E-state index contributed by atoms with van der Waals surface area (Å²) >= 11 is 0. The molecule has 2 aliphatic heterocycles. The molecule has 1 amide bonds. The van der Waals surface area contributed by atoms with Crippen LogP contribution in [0.3, 0.4) is 0 Å². The number of nitrogens with zero attached hydrogens (tertiary/aromatic N) is 3. The van der Waals surface area contributed by atoms with Crippen molar-refractivity contribution < 1.29 is 18.7 Å². The standard InChI is InChI=1S/C16H19N3O4/c1-18-13(14-3-2-8-21-14)11-12(17-18)15(20)19-6-4-16(5-7-19)22-9-10-23-16/h2-3,8,11H,4-7,9-10H2,1H3. The third-order valence-corrected chi connectivity index (χ3v) is 4.50. The summed E-state index contributed by atoms with van der Waals surface area (Å²) < 4.78 is 18.4. The van der Waals surface area contributed by atoms with E-state index in [1.807, 2.05) is 17.0 Å². The molecule has 0 aliphatic carbocycles. The third kappa shape index (κ3) is 2.55. The zero-order valence-corrected chi connectivity index (χ0v) is 13.0. The van der Waals surface area contributed by atoms with E-state index in [2.05, 4.69) is 5.10 Å². The first-order chi connectivity index (χ1) is 11.2. The van der Waals surface area contributed by atoms with E-state index in [9.17, 15) is 4.79 Å². The van der Waals surface area contributed by atoms with Gasteiger partial charge in [-0.3, -0.25) is 9.48 Å². The van der Waals surface area contributed by atoms with Crippen molar-refractivity contribution in [3.63, 3.8) is 0 Å². The highest BCUT2D eigenvalue weighted by Crippen LogP contribution is 2.32. The van der Waals surface area contributed by atoms with E-state index in [0.29, 0.717) is 50.6 Å². The van der Waals surface area contributed by atoms with Gasteiger partial charge in [-0.1, -0.05) is 0 Å². The molecule has 1 spiro atoms. The predicted octanol–water partition coefficient (Wildman–Crippen LogP) is 1.66. The lowest BCUT2D eigenvalue weighted by molar-refractivity contribution is -0.181. The number of hydrogen-bond acceptors (Lipinski definition) is 5. The van der Waals surface area contributed by atoms with Crippen LogP contribution in [0.2, 0.25) is 0 Å². The maximum Gasteiger partial charge on any atom is 0.274 e. The first-order valence-electron chi connectivity index (χ1n) is 7.82. The smallest absolute Gasteiger partial charge is 0.274 e. The van der Waals surface area contributed by atoms with Gasteiger partial charge in [0.25, 0.3) is 5.91 Å². The van der Waals surface area contributed by atoms with Crippen LogP contribution < -0.4 is 0 Å². The van der Waals surface area contributed by atoms with Gasteiger partial charge in [0, 0.05) is 39.0 Å². The van der Waals surface area contributed by atoms with E-state index in [1.165, 1.54) is 0 Å². The monoisotopic (exact) mass is 317 g/mol. The van der Waals surface area contributed by atoms with Crippen LogP contribution in [0.5, 0.6) is 0 Å². The number of piperidine rings is 1. The number of carbonyl (C=O) groups excluding carboxylic acids is 1. The lowest BCUT2D eigenvalue weighted by Crippen LogP contribution is -2.47. The average Bonchev–Trinajstić information content (AvgIpc) is 3.28. The maximum absolute atomic E-state index is 12.7. The first kappa shape index (κ1) is 14.5. The van der Waals surface area contributed by atoms with Crippen LogP contribution in [-0.2, 0) is 16.5 Å². The van der Waals surface area contributed by atoms with E-state index >= 15 is 0 Å². The molecule has 0 N–H and O–H groups in total. The van der Waals surface area contributed by atoms with Gasteiger partial charge in [-0.2, -0.15) is 5.10 Å². The van der Waals surface area contributed by atoms with Gasteiger partial charge >= 0.3 is 0 Å². The molecule has 0 saturated carbocycles. The molecule has 0 radical (unpaired) electrons. The number of aromatic nitrogens is 2. The number of likely N-dealkylation sites (tertiary alicyclic amines) is 1. The number of rotatable bonds is 2. The Hall–Kier alpha value is -2.12. The van der Waals surface area contributed by atoms with Gasteiger partial charge < -0.3 is 18.8 Å². The van der Waals surface area contributed by atoms with Gasteiger partial charge in [0.15, 0.2) is 17.2 Å². The highest BCUT2D eigenvalue weighted by atomic mass is 16.7. The highest BCUT2D eigenvalue weighted by Gasteiger charge is 2.41. The van der Waals surface area contributed by atoms with Crippen molar-refractivity contribution in [2.45, 2.75) is 18.6 Å². The molecule has 4 heterocycles. The van der Waals surface area contributed by atoms with Gasteiger partial charge in [-0.15, -0.1) is 0 Å². The Labute approximate surface area is 133 Å². The summed E-state index contributed by atoms with van der Waals surface area (Å²) in [5.74, 6) is 0.163. The second-order valence-electron chi connectivity index (χ2n) is 5.92. The number of amides is 1. The minimum Gasteiger partial charge on any atom is -0.463 e.